The summed E-state index contributed by atoms with van der Waals surface area (Å²) < 4.78 is 0. The molecule has 2 aromatic rings. The number of nitrogens with one attached hydrogen (secondary N) is 1. The van der Waals surface area contributed by atoms with Crippen LogP contribution in [0, 0.1) is 0 Å². The first-order chi connectivity index (χ1) is 8.77. The minimum Gasteiger partial charge on any atom is -0.376 e. The first-order valence-electron chi connectivity index (χ1n) is 5.90. The number of hydrogen-bond acceptors (Lipinski definition) is 1. The topological polar surface area (TPSA) is 38.0 Å². The Morgan fingerprint density at radius 3 is 1.78 bits per heavy atom. The average Bonchev–Trinajstić information content (AvgIpc) is 2.41. The third-order valence-electron chi connectivity index (χ3n) is 2.88. The largest absolute Gasteiger partial charge is 0.376 e. The van der Waals surface area contributed by atoms with Gasteiger partial charge < -0.3 is 11.1 Å². The summed E-state index contributed by atoms with van der Waals surface area (Å²) in [5.74, 6) is 0.258. The maximum absolute atomic E-state index is 5.52. The molecule has 3 heteroatoms. The Balaban J connectivity index is 2.26. The molecule has 18 heavy (non-hydrogen) atoms. The second-order valence-corrected chi connectivity index (χ2v) is 4.56. The van der Waals surface area contributed by atoms with Crippen molar-refractivity contribution in [3.63, 3.8) is 0 Å². The van der Waals surface area contributed by atoms with E-state index in [1.807, 2.05) is 36.4 Å². The van der Waals surface area contributed by atoms with Crippen LogP contribution in [-0.2, 0) is 0 Å². The molecule has 0 spiro atoms. The Morgan fingerprint density at radius 1 is 0.944 bits per heavy atom. The van der Waals surface area contributed by atoms with Crippen LogP contribution in [0.15, 0.2) is 60.7 Å². The van der Waals surface area contributed by atoms with Gasteiger partial charge in [-0.3, -0.25) is 0 Å². The third-order valence-corrected chi connectivity index (χ3v) is 3.03. The van der Waals surface area contributed by atoms with E-state index in [0.717, 1.165) is 0 Å². The molecule has 0 aliphatic rings. The van der Waals surface area contributed by atoms with E-state index in [1.165, 1.54) is 11.1 Å². The van der Waals surface area contributed by atoms with E-state index >= 15 is 0 Å². The molecule has 0 aliphatic carbocycles. The van der Waals surface area contributed by atoms with E-state index < -0.39 is 0 Å². The highest BCUT2D eigenvalue weighted by molar-refractivity contribution is 7.80. The number of benzene rings is 2. The van der Waals surface area contributed by atoms with Gasteiger partial charge in [-0.2, -0.15) is 0 Å². The van der Waals surface area contributed by atoms with Gasteiger partial charge in [0.2, 0.25) is 0 Å². The molecule has 2 aromatic carbocycles. The van der Waals surface area contributed by atoms with E-state index in [0.29, 0.717) is 11.7 Å². The summed E-state index contributed by atoms with van der Waals surface area (Å²) in [7, 11) is 0. The molecule has 0 atom stereocenters. The van der Waals surface area contributed by atoms with Crippen LogP contribution in [0.2, 0.25) is 0 Å². The SMILES string of the molecule is NC(=S)NCC(c1ccccc1)c1ccccc1. The molecule has 0 radical (unpaired) electrons. The highest BCUT2D eigenvalue weighted by atomic mass is 32.1. The van der Waals surface area contributed by atoms with Crippen molar-refractivity contribution in [3.05, 3.63) is 71.8 Å². The van der Waals surface area contributed by atoms with Crippen LogP contribution in [0.25, 0.3) is 0 Å². The van der Waals surface area contributed by atoms with Crippen LogP contribution in [0.4, 0.5) is 0 Å². The molecule has 0 heterocycles. The standard InChI is InChI=1S/C15H16N2S/c16-15(18)17-11-14(12-7-3-1-4-8-12)13-9-5-2-6-10-13/h1-10,14H,11H2,(H3,16,17,18). The molecule has 0 amide bonds. The van der Waals surface area contributed by atoms with Crippen molar-refractivity contribution >= 4 is 17.3 Å². The zero-order valence-corrected chi connectivity index (χ0v) is 10.9. The third kappa shape index (κ3) is 3.31. The van der Waals surface area contributed by atoms with Gasteiger partial charge in [0.25, 0.3) is 0 Å². The highest BCUT2D eigenvalue weighted by Gasteiger charge is 2.13. The van der Waals surface area contributed by atoms with Gasteiger partial charge in [-0.15, -0.1) is 0 Å². The molecule has 0 fully saturated rings. The lowest BCUT2D eigenvalue weighted by Gasteiger charge is -2.18. The summed E-state index contributed by atoms with van der Waals surface area (Å²) in [6.07, 6.45) is 0. The second-order valence-electron chi connectivity index (χ2n) is 4.12. The molecule has 0 saturated carbocycles. The van der Waals surface area contributed by atoms with Crippen LogP contribution in [0.5, 0.6) is 0 Å². The molecular formula is C15H16N2S. The van der Waals surface area contributed by atoms with Gasteiger partial charge in [-0.25, -0.2) is 0 Å². The molecule has 2 nitrogen and oxygen atoms in total. The van der Waals surface area contributed by atoms with Crippen molar-refractivity contribution in [2.75, 3.05) is 6.54 Å². The van der Waals surface area contributed by atoms with Crippen molar-refractivity contribution in [3.8, 4) is 0 Å². The van der Waals surface area contributed by atoms with Gasteiger partial charge >= 0.3 is 0 Å². The summed E-state index contributed by atoms with van der Waals surface area (Å²) in [6.45, 7) is 0.712. The van der Waals surface area contributed by atoms with E-state index in [1.54, 1.807) is 0 Å². The number of thiocarbonyl (C=S) groups is 1. The first kappa shape index (κ1) is 12.6. The maximum Gasteiger partial charge on any atom is 0.163 e. The van der Waals surface area contributed by atoms with Crippen LogP contribution in [0.1, 0.15) is 17.0 Å². The smallest absolute Gasteiger partial charge is 0.163 e. The lowest BCUT2D eigenvalue weighted by molar-refractivity contribution is 0.759. The van der Waals surface area contributed by atoms with E-state index in [9.17, 15) is 0 Å². The monoisotopic (exact) mass is 256 g/mol. The second kappa shape index (κ2) is 6.17. The Bertz CT molecular complexity index is 457. The molecule has 0 bridgehead atoms. The fourth-order valence-corrected chi connectivity index (χ4v) is 2.08. The van der Waals surface area contributed by atoms with Gasteiger partial charge in [-0.1, -0.05) is 60.7 Å². The van der Waals surface area contributed by atoms with Crippen molar-refractivity contribution in [1.29, 1.82) is 0 Å². The predicted octanol–water partition coefficient (Wildman–Crippen LogP) is 2.65. The summed E-state index contributed by atoms with van der Waals surface area (Å²) in [5, 5.41) is 3.39. The van der Waals surface area contributed by atoms with E-state index in [4.69, 9.17) is 18.0 Å². The summed E-state index contributed by atoms with van der Waals surface area (Å²) in [4.78, 5) is 0. The average molecular weight is 256 g/mol. The zero-order chi connectivity index (χ0) is 12.8. The predicted molar refractivity (Wildman–Crippen MR) is 79.5 cm³/mol. The summed E-state index contributed by atoms with van der Waals surface area (Å²) in [5.41, 5.74) is 8.03. The Labute approximate surface area is 113 Å². The van der Waals surface area contributed by atoms with Gasteiger partial charge in [0.05, 0.1) is 0 Å². The van der Waals surface area contributed by atoms with Gasteiger partial charge in [0.15, 0.2) is 5.11 Å². The molecule has 0 aliphatic heterocycles. The van der Waals surface area contributed by atoms with E-state index in [2.05, 4.69) is 29.6 Å². The molecule has 0 unspecified atom stereocenters. The fraction of sp³-hybridized carbons (Fsp3) is 0.133. The quantitative estimate of drug-likeness (QED) is 0.826. The van der Waals surface area contributed by atoms with E-state index in [-0.39, 0.29) is 5.92 Å². The number of rotatable bonds is 4. The molecule has 3 N–H and O–H groups in total. The Hall–Kier alpha value is -1.87. The van der Waals surface area contributed by atoms with Crippen LogP contribution >= 0.6 is 12.2 Å². The minimum absolute atomic E-state index is 0.258. The number of hydrogen-bond donors (Lipinski definition) is 2. The fourth-order valence-electron chi connectivity index (χ4n) is 2.00. The maximum atomic E-state index is 5.52. The molecule has 0 aromatic heterocycles. The number of nitrogens with two attached hydrogens (primary N) is 1. The van der Waals surface area contributed by atoms with Crippen molar-refractivity contribution < 1.29 is 0 Å². The zero-order valence-electron chi connectivity index (χ0n) is 10.0. The van der Waals surface area contributed by atoms with Crippen LogP contribution in [-0.4, -0.2) is 11.7 Å². The first-order valence-corrected chi connectivity index (χ1v) is 6.31. The van der Waals surface area contributed by atoms with Crippen molar-refractivity contribution in [2.24, 2.45) is 5.73 Å². The lowest BCUT2D eigenvalue weighted by Crippen LogP contribution is -2.33. The molecule has 2 rings (SSSR count). The Morgan fingerprint density at radius 2 is 1.39 bits per heavy atom. The molecule has 92 valence electrons. The summed E-state index contributed by atoms with van der Waals surface area (Å²) >= 11 is 4.88. The van der Waals surface area contributed by atoms with Gasteiger partial charge in [-0.05, 0) is 23.3 Å². The normalized spacial score (nSPS) is 10.3. The van der Waals surface area contributed by atoms with Crippen LogP contribution < -0.4 is 11.1 Å². The van der Waals surface area contributed by atoms with Crippen molar-refractivity contribution in [2.45, 2.75) is 5.92 Å². The highest BCUT2D eigenvalue weighted by Crippen LogP contribution is 2.23. The van der Waals surface area contributed by atoms with Crippen LogP contribution in [0.3, 0.4) is 0 Å². The van der Waals surface area contributed by atoms with Crippen molar-refractivity contribution in [1.82, 2.24) is 5.32 Å². The lowest BCUT2D eigenvalue weighted by atomic mass is 9.91. The minimum atomic E-state index is 0.258. The van der Waals surface area contributed by atoms with Gasteiger partial charge in [0.1, 0.15) is 0 Å². The Kier molecular flexibility index (Phi) is 4.31. The summed E-state index contributed by atoms with van der Waals surface area (Å²) in [6, 6.07) is 20.7. The molecular weight excluding hydrogens is 240 g/mol. The molecule has 0 saturated heterocycles. The van der Waals surface area contributed by atoms with Gasteiger partial charge in [0, 0.05) is 12.5 Å².